The third-order valence-corrected chi connectivity index (χ3v) is 4.35. The van der Waals surface area contributed by atoms with Gasteiger partial charge in [0.25, 0.3) is 5.91 Å². The van der Waals surface area contributed by atoms with Gasteiger partial charge in [-0.15, -0.1) is 0 Å². The number of nitrogens with zero attached hydrogens (tertiary/aromatic N) is 5. The second-order valence-electron chi connectivity index (χ2n) is 5.67. The lowest BCUT2D eigenvalue weighted by Crippen LogP contribution is -2.37. The summed E-state index contributed by atoms with van der Waals surface area (Å²) in [5, 5.41) is 3.04. The van der Waals surface area contributed by atoms with Gasteiger partial charge >= 0.3 is 0 Å². The van der Waals surface area contributed by atoms with Crippen molar-refractivity contribution >= 4 is 33.3 Å². The number of morpholine rings is 1. The van der Waals surface area contributed by atoms with Crippen LogP contribution >= 0.6 is 15.9 Å². The molecular weight excluding hydrogens is 376 g/mol. The van der Waals surface area contributed by atoms with E-state index < -0.39 is 0 Å². The lowest BCUT2D eigenvalue weighted by Gasteiger charge is -2.27. The van der Waals surface area contributed by atoms with E-state index in [4.69, 9.17) is 4.74 Å². The molecule has 1 saturated heterocycles. The summed E-state index contributed by atoms with van der Waals surface area (Å²) in [5.41, 5.74) is 1.11. The highest BCUT2D eigenvalue weighted by atomic mass is 79.9. The fourth-order valence-corrected chi connectivity index (χ4v) is 3.01. The molecule has 0 bridgehead atoms. The third kappa shape index (κ3) is 3.52. The Kier molecular flexibility index (Phi) is 5.32. The van der Waals surface area contributed by atoms with Crippen LogP contribution in [-0.2, 0) is 4.74 Å². The van der Waals surface area contributed by atoms with E-state index in [1.54, 1.807) is 18.1 Å². The molecule has 0 saturated carbocycles. The summed E-state index contributed by atoms with van der Waals surface area (Å²) < 4.78 is 7.95. The average Bonchev–Trinajstić information content (AvgIpc) is 3.02. The number of carbonyl (C=O) groups is 1. The fourth-order valence-electron chi connectivity index (χ4n) is 2.62. The minimum Gasteiger partial charge on any atom is -0.378 e. The molecule has 0 unspecified atom stereocenters. The van der Waals surface area contributed by atoms with Crippen molar-refractivity contribution < 1.29 is 9.53 Å². The first kappa shape index (κ1) is 17.1. The topological polar surface area (TPSA) is 75.0 Å². The van der Waals surface area contributed by atoms with Crippen LogP contribution in [0.5, 0.6) is 0 Å². The van der Waals surface area contributed by atoms with Crippen LogP contribution in [-0.4, -0.2) is 78.7 Å². The Hall–Kier alpha value is -1.71. The average molecular weight is 397 g/mol. The predicted molar refractivity (Wildman–Crippen MR) is 94.6 cm³/mol. The van der Waals surface area contributed by atoms with E-state index in [-0.39, 0.29) is 5.91 Å². The standard InChI is InChI=1S/C15H21BrN6O2/c1-17-3-4-20(2)15(23)11-9-22-10-12(16)19-14(13(22)18-11)21-5-7-24-8-6-21/h9-10,17H,3-8H2,1-2H3. The molecule has 24 heavy (non-hydrogen) atoms. The Morgan fingerprint density at radius 2 is 2.12 bits per heavy atom. The van der Waals surface area contributed by atoms with Gasteiger partial charge in [0, 0.05) is 45.6 Å². The summed E-state index contributed by atoms with van der Waals surface area (Å²) in [7, 11) is 3.64. The number of hydrogen-bond acceptors (Lipinski definition) is 6. The molecule has 1 amide bonds. The molecule has 1 fully saturated rings. The lowest BCUT2D eigenvalue weighted by molar-refractivity contribution is 0.0792. The van der Waals surface area contributed by atoms with E-state index in [1.807, 2.05) is 17.6 Å². The predicted octanol–water partition coefficient (Wildman–Crippen LogP) is 0.620. The van der Waals surface area contributed by atoms with E-state index in [0.717, 1.165) is 25.5 Å². The van der Waals surface area contributed by atoms with Gasteiger partial charge in [-0.1, -0.05) is 0 Å². The maximum Gasteiger partial charge on any atom is 0.273 e. The summed E-state index contributed by atoms with van der Waals surface area (Å²) in [6.45, 7) is 4.22. The van der Waals surface area contributed by atoms with Gasteiger partial charge in [-0.05, 0) is 23.0 Å². The first-order valence-electron chi connectivity index (χ1n) is 7.88. The van der Waals surface area contributed by atoms with Crippen molar-refractivity contribution in [3.05, 3.63) is 22.7 Å². The summed E-state index contributed by atoms with van der Waals surface area (Å²) in [4.78, 5) is 25.5. The second kappa shape index (κ2) is 7.45. The maximum atomic E-state index is 12.5. The normalized spacial score (nSPS) is 15.0. The minimum atomic E-state index is -0.0991. The second-order valence-corrected chi connectivity index (χ2v) is 6.49. The van der Waals surface area contributed by atoms with E-state index in [0.29, 0.717) is 35.7 Å². The molecule has 3 heterocycles. The highest BCUT2D eigenvalue weighted by Crippen LogP contribution is 2.23. The molecule has 0 spiro atoms. The van der Waals surface area contributed by atoms with Gasteiger partial charge in [0.15, 0.2) is 11.5 Å². The monoisotopic (exact) mass is 396 g/mol. The molecule has 0 radical (unpaired) electrons. The van der Waals surface area contributed by atoms with Crippen molar-refractivity contribution in [2.24, 2.45) is 0 Å². The molecule has 2 aromatic rings. The van der Waals surface area contributed by atoms with Crippen LogP contribution in [0.4, 0.5) is 5.82 Å². The number of aromatic nitrogens is 3. The number of nitrogens with one attached hydrogen (secondary N) is 1. The number of carbonyl (C=O) groups excluding carboxylic acids is 1. The number of rotatable bonds is 5. The summed E-state index contributed by atoms with van der Waals surface area (Å²) in [5.74, 6) is 0.669. The van der Waals surface area contributed by atoms with Crippen LogP contribution in [0, 0.1) is 0 Å². The largest absolute Gasteiger partial charge is 0.378 e. The molecule has 9 heteroatoms. The molecular formula is C15H21BrN6O2. The number of amides is 1. The number of ether oxygens (including phenoxy) is 1. The van der Waals surface area contributed by atoms with Crippen molar-refractivity contribution in [3.8, 4) is 0 Å². The zero-order valence-corrected chi connectivity index (χ0v) is 15.4. The van der Waals surface area contributed by atoms with Gasteiger partial charge in [-0.25, -0.2) is 9.97 Å². The van der Waals surface area contributed by atoms with Crippen molar-refractivity contribution in [1.82, 2.24) is 24.6 Å². The molecule has 3 rings (SSSR count). The van der Waals surface area contributed by atoms with Crippen LogP contribution in [0.2, 0.25) is 0 Å². The van der Waals surface area contributed by atoms with E-state index >= 15 is 0 Å². The Morgan fingerprint density at radius 3 is 2.83 bits per heavy atom. The third-order valence-electron chi connectivity index (χ3n) is 3.96. The molecule has 2 aromatic heterocycles. The van der Waals surface area contributed by atoms with E-state index in [9.17, 15) is 4.79 Å². The zero-order valence-electron chi connectivity index (χ0n) is 13.8. The number of hydrogen-bond donors (Lipinski definition) is 1. The number of imidazole rings is 1. The van der Waals surface area contributed by atoms with Crippen LogP contribution in [0.3, 0.4) is 0 Å². The summed E-state index contributed by atoms with van der Waals surface area (Å²) in [6, 6.07) is 0. The van der Waals surface area contributed by atoms with Crippen molar-refractivity contribution in [2.45, 2.75) is 0 Å². The van der Waals surface area contributed by atoms with E-state index in [1.165, 1.54) is 0 Å². The molecule has 0 aliphatic carbocycles. The van der Waals surface area contributed by atoms with Gasteiger partial charge in [-0.3, -0.25) is 4.79 Å². The molecule has 1 N–H and O–H groups in total. The quantitative estimate of drug-likeness (QED) is 0.798. The Morgan fingerprint density at radius 1 is 1.38 bits per heavy atom. The van der Waals surface area contributed by atoms with Gasteiger partial charge in [0.2, 0.25) is 0 Å². The minimum absolute atomic E-state index is 0.0991. The molecule has 1 aliphatic heterocycles. The van der Waals surface area contributed by atoms with Gasteiger partial charge < -0.3 is 24.3 Å². The smallest absolute Gasteiger partial charge is 0.273 e. The highest BCUT2D eigenvalue weighted by Gasteiger charge is 2.21. The lowest BCUT2D eigenvalue weighted by atomic mass is 10.4. The van der Waals surface area contributed by atoms with Gasteiger partial charge in [0.05, 0.1) is 13.2 Å². The molecule has 0 aromatic carbocycles. The molecule has 0 atom stereocenters. The van der Waals surface area contributed by atoms with Crippen LogP contribution in [0.15, 0.2) is 17.0 Å². The van der Waals surface area contributed by atoms with Crippen LogP contribution in [0.25, 0.3) is 5.65 Å². The number of fused-ring (bicyclic) bond motifs is 1. The molecule has 8 nitrogen and oxygen atoms in total. The van der Waals surface area contributed by atoms with E-state index in [2.05, 4.69) is 36.1 Å². The van der Waals surface area contributed by atoms with Gasteiger partial charge in [0.1, 0.15) is 10.3 Å². The summed E-state index contributed by atoms with van der Waals surface area (Å²) in [6.07, 6.45) is 3.57. The Labute approximate surface area is 148 Å². The SMILES string of the molecule is CNCCN(C)C(=O)c1cn2cc(Br)nc(N3CCOCC3)c2n1. The number of halogens is 1. The first-order valence-corrected chi connectivity index (χ1v) is 8.67. The molecule has 1 aliphatic rings. The van der Waals surface area contributed by atoms with Crippen molar-refractivity contribution in [2.75, 3.05) is 58.4 Å². The van der Waals surface area contributed by atoms with Crippen LogP contribution in [0.1, 0.15) is 10.5 Å². The number of likely N-dealkylation sites (N-methyl/N-ethyl adjacent to an activating group) is 2. The van der Waals surface area contributed by atoms with Crippen molar-refractivity contribution in [3.63, 3.8) is 0 Å². The fraction of sp³-hybridized carbons (Fsp3) is 0.533. The number of anilines is 1. The maximum absolute atomic E-state index is 12.5. The zero-order chi connectivity index (χ0) is 17.1. The van der Waals surface area contributed by atoms with Gasteiger partial charge in [-0.2, -0.15) is 0 Å². The van der Waals surface area contributed by atoms with Crippen LogP contribution < -0.4 is 10.2 Å². The highest BCUT2D eigenvalue weighted by molar-refractivity contribution is 9.10. The molecule has 130 valence electrons. The Bertz CT molecular complexity index is 728. The summed E-state index contributed by atoms with van der Waals surface area (Å²) >= 11 is 3.44. The van der Waals surface area contributed by atoms with Crippen molar-refractivity contribution in [1.29, 1.82) is 0 Å². The first-order chi connectivity index (χ1) is 11.6. The Balaban J connectivity index is 1.93.